The Kier molecular flexibility index (Phi) is 7.16. The number of hydrogen-bond donors (Lipinski definition) is 1. The Hall–Kier alpha value is -0.773. The van der Waals surface area contributed by atoms with Crippen LogP contribution in [-0.4, -0.2) is 13.4 Å². The van der Waals surface area contributed by atoms with Crippen LogP contribution in [0.3, 0.4) is 0 Å². The largest absolute Gasteiger partial charge is 0.548 e. The molecule has 1 aromatic carbocycles. The second kappa shape index (κ2) is 8.53. The Labute approximate surface area is 178 Å². The first kappa shape index (κ1) is 23.5. The van der Waals surface area contributed by atoms with Gasteiger partial charge < -0.3 is 9.53 Å². The molecule has 0 aliphatic heterocycles. The fourth-order valence-electron chi connectivity index (χ4n) is 5.21. The van der Waals surface area contributed by atoms with E-state index in [9.17, 15) is 5.11 Å². The van der Waals surface area contributed by atoms with Crippen molar-refractivity contribution in [2.24, 2.45) is 5.41 Å². The van der Waals surface area contributed by atoms with Gasteiger partial charge >= 0.3 is 0 Å². The second-order valence-corrected chi connectivity index (χ2v) is 16.1. The highest BCUT2D eigenvalue weighted by Gasteiger charge is 2.48. The van der Waals surface area contributed by atoms with Gasteiger partial charge in [-0.15, -0.1) is 0 Å². The average Bonchev–Trinajstić information content (AvgIpc) is 2.58. The third-order valence-electron chi connectivity index (χ3n) is 6.80. The third-order valence-corrected chi connectivity index (χ3v) is 13.0. The van der Waals surface area contributed by atoms with Gasteiger partial charge in [0.05, 0.1) is 6.26 Å². The van der Waals surface area contributed by atoms with Crippen molar-refractivity contribution < 1.29 is 9.53 Å². The number of benzene rings is 1. The Bertz CT molecular complexity index is 669. The van der Waals surface area contributed by atoms with Crippen molar-refractivity contribution >= 4 is 19.9 Å². The molecule has 0 spiro atoms. The van der Waals surface area contributed by atoms with Crippen molar-refractivity contribution in [3.8, 4) is 0 Å². The first-order valence-electron chi connectivity index (χ1n) is 10.7. The van der Waals surface area contributed by atoms with Crippen molar-refractivity contribution in [2.45, 2.75) is 96.9 Å². The maximum atomic E-state index is 11.8. The second-order valence-electron chi connectivity index (χ2n) is 10.3. The first-order valence-corrected chi connectivity index (χ1v) is 13.2. The van der Waals surface area contributed by atoms with Gasteiger partial charge in [-0.3, -0.25) is 0 Å². The highest BCUT2D eigenvalue weighted by atomic mass is 35.5. The zero-order chi connectivity index (χ0) is 21.3. The van der Waals surface area contributed by atoms with Crippen LogP contribution >= 0.6 is 11.6 Å². The molecule has 0 amide bonds. The van der Waals surface area contributed by atoms with Gasteiger partial charge in [0, 0.05) is 5.02 Å². The molecule has 0 bridgehead atoms. The molecule has 1 N–H and O–H groups in total. The Morgan fingerprint density at radius 1 is 0.964 bits per heavy atom. The van der Waals surface area contributed by atoms with Crippen LogP contribution in [0.5, 0.6) is 0 Å². The molecule has 1 atom stereocenters. The summed E-state index contributed by atoms with van der Waals surface area (Å²) in [6.45, 7) is 18.3. The SMILES string of the molecule is CC(C)[Si](OC=C1CC(C)(C)CCC1(O)c1ccc(Cl)cc1)(C(C)C)C(C)C. The molecular weight excluding hydrogens is 384 g/mol. The standard InChI is InChI=1S/C24H39ClO2Si/c1-17(2)28(18(3)4,19(5)6)27-16-21-15-23(7,8)13-14-24(21,26)20-9-11-22(25)12-10-20/h9-12,16-19,26H,13-15H2,1-8H3. The van der Waals surface area contributed by atoms with E-state index in [-0.39, 0.29) is 5.41 Å². The Morgan fingerprint density at radius 3 is 1.93 bits per heavy atom. The lowest BCUT2D eigenvalue weighted by Crippen LogP contribution is -2.47. The monoisotopic (exact) mass is 422 g/mol. The van der Waals surface area contributed by atoms with Crippen LogP contribution in [0.1, 0.15) is 80.2 Å². The van der Waals surface area contributed by atoms with Gasteiger partial charge in [0.25, 0.3) is 8.32 Å². The minimum absolute atomic E-state index is 0.158. The normalized spacial score (nSPS) is 24.4. The van der Waals surface area contributed by atoms with E-state index in [0.29, 0.717) is 28.1 Å². The lowest BCUT2D eigenvalue weighted by Gasteiger charge is -2.45. The van der Waals surface area contributed by atoms with E-state index in [1.165, 1.54) is 0 Å². The molecule has 0 aromatic heterocycles. The van der Waals surface area contributed by atoms with E-state index < -0.39 is 13.9 Å². The van der Waals surface area contributed by atoms with Gasteiger partial charge in [-0.1, -0.05) is 79.1 Å². The summed E-state index contributed by atoms with van der Waals surface area (Å²) >= 11 is 6.09. The molecular formula is C24H39ClO2Si. The third kappa shape index (κ3) is 4.52. The van der Waals surface area contributed by atoms with E-state index in [1.54, 1.807) is 0 Å². The van der Waals surface area contributed by atoms with Crippen LogP contribution in [0.2, 0.25) is 21.6 Å². The molecule has 2 rings (SSSR count). The maximum Gasteiger partial charge on any atom is 0.257 e. The van der Waals surface area contributed by atoms with Crippen LogP contribution in [-0.2, 0) is 10.0 Å². The summed E-state index contributed by atoms with van der Waals surface area (Å²) in [7, 11) is -2.04. The van der Waals surface area contributed by atoms with E-state index in [1.807, 2.05) is 30.5 Å². The van der Waals surface area contributed by atoms with E-state index in [4.69, 9.17) is 16.0 Å². The molecule has 1 aliphatic carbocycles. The quantitative estimate of drug-likeness (QED) is 0.374. The molecule has 0 heterocycles. The van der Waals surface area contributed by atoms with Crippen molar-refractivity contribution in [2.75, 3.05) is 0 Å². The topological polar surface area (TPSA) is 29.5 Å². The molecule has 2 nitrogen and oxygen atoms in total. The zero-order valence-electron chi connectivity index (χ0n) is 19.0. The molecule has 1 aliphatic rings. The summed E-state index contributed by atoms with van der Waals surface area (Å²) in [5.41, 5.74) is 2.60. The molecule has 28 heavy (non-hydrogen) atoms. The fraction of sp³-hybridized carbons (Fsp3) is 0.667. The minimum Gasteiger partial charge on any atom is -0.548 e. The van der Waals surface area contributed by atoms with Crippen LogP contribution in [0.4, 0.5) is 0 Å². The van der Waals surface area contributed by atoms with E-state index in [0.717, 1.165) is 24.0 Å². The Morgan fingerprint density at radius 2 is 1.46 bits per heavy atom. The van der Waals surface area contributed by atoms with Crippen molar-refractivity contribution in [3.05, 3.63) is 46.7 Å². The number of rotatable bonds is 6. The molecule has 1 unspecified atom stereocenters. The predicted molar refractivity (Wildman–Crippen MR) is 123 cm³/mol. The van der Waals surface area contributed by atoms with Gasteiger partial charge in [0.2, 0.25) is 0 Å². The van der Waals surface area contributed by atoms with Crippen LogP contribution < -0.4 is 0 Å². The van der Waals surface area contributed by atoms with E-state index >= 15 is 0 Å². The zero-order valence-corrected chi connectivity index (χ0v) is 20.7. The van der Waals surface area contributed by atoms with E-state index in [2.05, 4.69) is 55.4 Å². The maximum absolute atomic E-state index is 11.8. The Balaban J connectivity index is 2.50. The van der Waals surface area contributed by atoms with Crippen molar-refractivity contribution in [1.29, 1.82) is 0 Å². The van der Waals surface area contributed by atoms with Crippen molar-refractivity contribution in [3.63, 3.8) is 0 Å². The van der Waals surface area contributed by atoms with Gasteiger partial charge in [0.15, 0.2) is 0 Å². The lowest BCUT2D eigenvalue weighted by atomic mass is 9.66. The van der Waals surface area contributed by atoms with Crippen molar-refractivity contribution in [1.82, 2.24) is 0 Å². The van der Waals surface area contributed by atoms with Crippen LogP contribution in [0.25, 0.3) is 0 Å². The number of halogens is 1. The molecule has 0 radical (unpaired) electrons. The highest BCUT2D eigenvalue weighted by Crippen LogP contribution is 2.50. The van der Waals surface area contributed by atoms with Crippen LogP contribution in [0, 0.1) is 5.41 Å². The van der Waals surface area contributed by atoms with Gasteiger partial charge in [-0.25, -0.2) is 0 Å². The van der Waals surface area contributed by atoms with Gasteiger partial charge in [0.1, 0.15) is 5.60 Å². The smallest absolute Gasteiger partial charge is 0.257 e. The molecule has 0 saturated heterocycles. The molecule has 158 valence electrons. The van der Waals surface area contributed by atoms with Gasteiger partial charge in [-0.2, -0.15) is 0 Å². The molecule has 4 heteroatoms. The summed E-state index contributed by atoms with van der Waals surface area (Å²) in [6, 6.07) is 7.63. The molecule has 1 fully saturated rings. The summed E-state index contributed by atoms with van der Waals surface area (Å²) < 4.78 is 6.78. The van der Waals surface area contributed by atoms with Gasteiger partial charge in [-0.05, 0) is 64.6 Å². The number of hydrogen-bond acceptors (Lipinski definition) is 2. The highest BCUT2D eigenvalue weighted by molar-refractivity contribution is 6.77. The summed E-state index contributed by atoms with van der Waals surface area (Å²) in [4.78, 5) is 0. The fourth-order valence-corrected chi connectivity index (χ4v) is 10.5. The summed E-state index contributed by atoms with van der Waals surface area (Å²) in [6.07, 6.45) is 4.48. The average molecular weight is 423 g/mol. The van der Waals surface area contributed by atoms with Crippen LogP contribution in [0.15, 0.2) is 36.1 Å². The lowest BCUT2D eigenvalue weighted by molar-refractivity contribution is 0.0182. The molecule has 1 aromatic rings. The minimum atomic E-state index is -2.04. The summed E-state index contributed by atoms with van der Waals surface area (Å²) in [5, 5.41) is 12.5. The predicted octanol–water partition coefficient (Wildman–Crippen LogP) is 7.81. The first-order chi connectivity index (χ1) is 12.8. The molecule has 1 saturated carbocycles. The number of aliphatic hydroxyl groups is 1. The summed E-state index contributed by atoms with van der Waals surface area (Å²) in [5.74, 6) is 0.